The molecule has 1 aromatic carbocycles. The Kier molecular flexibility index (Phi) is 2.67. The number of anilines is 1. The molecule has 0 unspecified atom stereocenters. The Labute approximate surface area is 113 Å². The summed E-state index contributed by atoms with van der Waals surface area (Å²) in [6.45, 7) is 4.40. The summed E-state index contributed by atoms with van der Waals surface area (Å²) in [5.41, 5.74) is 1.60. The number of pyridine rings is 1. The van der Waals surface area contributed by atoms with Crippen LogP contribution in [0, 0.1) is 17.2 Å². The molecule has 0 atom stereocenters. The van der Waals surface area contributed by atoms with Crippen LogP contribution in [0.2, 0.25) is 0 Å². The van der Waals surface area contributed by atoms with Crippen LogP contribution in [-0.2, 0) is 0 Å². The van der Waals surface area contributed by atoms with Crippen molar-refractivity contribution in [1.82, 2.24) is 4.98 Å². The lowest BCUT2D eigenvalue weighted by Crippen LogP contribution is -2.33. The summed E-state index contributed by atoms with van der Waals surface area (Å²) in [6, 6.07) is 11.9. The molecule has 96 valence electrons. The van der Waals surface area contributed by atoms with Gasteiger partial charge in [0.1, 0.15) is 5.82 Å². The Morgan fingerprint density at radius 2 is 2.05 bits per heavy atom. The number of rotatable bonds is 3. The third-order valence-corrected chi connectivity index (χ3v) is 3.88. The molecule has 0 saturated heterocycles. The van der Waals surface area contributed by atoms with Gasteiger partial charge in [0.15, 0.2) is 0 Å². The van der Waals surface area contributed by atoms with E-state index in [0.29, 0.717) is 11.5 Å². The second-order valence-corrected chi connectivity index (χ2v) is 5.80. The first-order valence-electron chi connectivity index (χ1n) is 6.68. The fourth-order valence-corrected chi connectivity index (χ4v) is 2.57. The van der Waals surface area contributed by atoms with Crippen molar-refractivity contribution in [1.29, 1.82) is 5.26 Å². The average Bonchev–Trinajstić information content (AvgIpc) is 3.22. The smallest absolute Gasteiger partial charge is 0.128 e. The van der Waals surface area contributed by atoms with Crippen molar-refractivity contribution >= 4 is 16.7 Å². The van der Waals surface area contributed by atoms with E-state index >= 15 is 0 Å². The van der Waals surface area contributed by atoms with Gasteiger partial charge in [0.2, 0.25) is 0 Å². The molecule has 1 saturated carbocycles. The predicted molar refractivity (Wildman–Crippen MR) is 76.9 cm³/mol. The van der Waals surface area contributed by atoms with Gasteiger partial charge >= 0.3 is 0 Å². The summed E-state index contributed by atoms with van der Waals surface area (Å²) in [4.78, 5) is 4.62. The van der Waals surface area contributed by atoms with E-state index in [1.165, 1.54) is 12.8 Å². The van der Waals surface area contributed by atoms with Crippen LogP contribution in [0.3, 0.4) is 0 Å². The number of hydrogen-bond acceptors (Lipinski definition) is 3. The Balaban J connectivity index is 2.03. The van der Waals surface area contributed by atoms with Gasteiger partial charge in [-0.3, -0.25) is 0 Å². The zero-order valence-electron chi connectivity index (χ0n) is 11.3. The quantitative estimate of drug-likeness (QED) is 0.904. The van der Waals surface area contributed by atoms with Gasteiger partial charge in [-0.2, -0.15) is 5.26 Å². The van der Waals surface area contributed by atoms with Crippen molar-refractivity contribution in [2.45, 2.75) is 32.2 Å². The summed E-state index contributed by atoms with van der Waals surface area (Å²) in [6.07, 6.45) is 2.55. The molecule has 1 heterocycles. The Morgan fingerprint density at radius 3 is 2.74 bits per heavy atom. The first-order valence-corrected chi connectivity index (χ1v) is 6.68. The molecule has 3 rings (SSSR count). The molecule has 0 bridgehead atoms. The van der Waals surface area contributed by atoms with Crippen LogP contribution in [-0.4, -0.2) is 10.5 Å². The van der Waals surface area contributed by atoms with E-state index in [0.717, 1.165) is 16.7 Å². The van der Waals surface area contributed by atoms with Crippen molar-refractivity contribution in [3.8, 4) is 6.07 Å². The molecule has 2 aromatic rings. The van der Waals surface area contributed by atoms with E-state index < -0.39 is 0 Å². The molecule has 1 aromatic heterocycles. The molecule has 1 N–H and O–H groups in total. The van der Waals surface area contributed by atoms with E-state index in [4.69, 9.17) is 0 Å². The van der Waals surface area contributed by atoms with E-state index in [9.17, 15) is 5.26 Å². The van der Waals surface area contributed by atoms with Crippen molar-refractivity contribution in [2.75, 3.05) is 5.32 Å². The average molecular weight is 251 g/mol. The minimum atomic E-state index is 0.0438. The summed E-state index contributed by atoms with van der Waals surface area (Å²) in [7, 11) is 0. The van der Waals surface area contributed by atoms with Crippen LogP contribution in [0.25, 0.3) is 10.9 Å². The summed E-state index contributed by atoms with van der Waals surface area (Å²) in [5, 5.41) is 13.7. The number of para-hydroxylation sites is 1. The molecule has 1 fully saturated rings. The van der Waals surface area contributed by atoms with Gasteiger partial charge in [-0.1, -0.05) is 18.2 Å². The molecule has 0 radical (unpaired) electrons. The van der Waals surface area contributed by atoms with Gasteiger partial charge in [0.05, 0.1) is 17.1 Å². The minimum absolute atomic E-state index is 0.0438. The number of hydrogen-bond donors (Lipinski definition) is 1. The molecule has 1 aliphatic carbocycles. The van der Waals surface area contributed by atoms with E-state index in [1.807, 2.05) is 30.3 Å². The first kappa shape index (κ1) is 12.0. The summed E-state index contributed by atoms with van der Waals surface area (Å²) >= 11 is 0. The number of nitrogens with one attached hydrogen (secondary N) is 1. The van der Waals surface area contributed by atoms with Crippen LogP contribution >= 0.6 is 0 Å². The van der Waals surface area contributed by atoms with Gasteiger partial charge in [-0.25, -0.2) is 4.98 Å². The third-order valence-electron chi connectivity index (χ3n) is 3.88. The first-order chi connectivity index (χ1) is 9.10. The highest BCUT2D eigenvalue weighted by atomic mass is 15.1. The van der Waals surface area contributed by atoms with Crippen LogP contribution in [0.15, 0.2) is 30.3 Å². The number of nitriles is 1. The molecule has 19 heavy (non-hydrogen) atoms. The van der Waals surface area contributed by atoms with Crippen LogP contribution in [0.1, 0.15) is 32.3 Å². The topological polar surface area (TPSA) is 48.7 Å². The van der Waals surface area contributed by atoms with E-state index in [-0.39, 0.29) is 5.54 Å². The molecular formula is C16H17N3. The zero-order chi connectivity index (χ0) is 13.5. The van der Waals surface area contributed by atoms with Gasteiger partial charge in [-0.15, -0.1) is 0 Å². The van der Waals surface area contributed by atoms with E-state index in [1.54, 1.807) is 0 Å². The van der Waals surface area contributed by atoms with Gasteiger partial charge in [0, 0.05) is 10.9 Å². The fourth-order valence-electron chi connectivity index (χ4n) is 2.57. The molecule has 1 aliphatic rings. The lowest BCUT2D eigenvalue weighted by Gasteiger charge is -2.27. The fraction of sp³-hybridized carbons (Fsp3) is 0.375. The molecule has 0 aliphatic heterocycles. The lowest BCUT2D eigenvalue weighted by molar-refractivity contribution is 0.493. The highest BCUT2D eigenvalue weighted by molar-refractivity contribution is 5.86. The van der Waals surface area contributed by atoms with Crippen molar-refractivity contribution < 1.29 is 0 Å². The number of fused-ring (bicyclic) bond motifs is 1. The van der Waals surface area contributed by atoms with Gasteiger partial charge < -0.3 is 5.32 Å². The monoisotopic (exact) mass is 251 g/mol. The Morgan fingerprint density at radius 1 is 1.32 bits per heavy atom. The second kappa shape index (κ2) is 4.24. The standard InChI is InChI=1S/C16H17N3/c1-16(2,12-7-8-12)19-15-9-11(10-17)13-5-3-4-6-14(13)18-15/h3-6,9,12H,7-8H2,1-2H3,(H,18,19). The van der Waals surface area contributed by atoms with Gasteiger partial charge in [0.25, 0.3) is 0 Å². The molecular weight excluding hydrogens is 234 g/mol. The van der Waals surface area contributed by atoms with Crippen LogP contribution < -0.4 is 5.32 Å². The van der Waals surface area contributed by atoms with Crippen molar-refractivity contribution in [3.05, 3.63) is 35.9 Å². The summed E-state index contributed by atoms with van der Waals surface area (Å²) in [5.74, 6) is 1.51. The Hall–Kier alpha value is -2.08. The van der Waals surface area contributed by atoms with E-state index in [2.05, 4.69) is 30.2 Å². The Bertz CT molecular complexity index is 663. The normalized spacial score (nSPS) is 15.2. The predicted octanol–water partition coefficient (Wildman–Crippen LogP) is 3.71. The zero-order valence-corrected chi connectivity index (χ0v) is 11.3. The molecule has 3 heteroatoms. The summed E-state index contributed by atoms with van der Waals surface area (Å²) < 4.78 is 0. The lowest BCUT2D eigenvalue weighted by atomic mass is 9.98. The van der Waals surface area contributed by atoms with Gasteiger partial charge in [-0.05, 0) is 44.7 Å². The number of benzene rings is 1. The maximum atomic E-state index is 9.27. The SMILES string of the molecule is CC(C)(Nc1cc(C#N)c2ccccc2n1)C1CC1. The maximum Gasteiger partial charge on any atom is 0.128 e. The van der Waals surface area contributed by atoms with Crippen LogP contribution in [0.5, 0.6) is 0 Å². The minimum Gasteiger partial charge on any atom is -0.365 e. The number of nitrogens with zero attached hydrogens (tertiary/aromatic N) is 2. The van der Waals surface area contributed by atoms with Crippen molar-refractivity contribution in [2.24, 2.45) is 5.92 Å². The van der Waals surface area contributed by atoms with Crippen molar-refractivity contribution in [3.63, 3.8) is 0 Å². The second-order valence-electron chi connectivity index (χ2n) is 5.80. The largest absolute Gasteiger partial charge is 0.365 e. The highest BCUT2D eigenvalue weighted by Gasteiger charge is 2.37. The highest BCUT2D eigenvalue weighted by Crippen LogP contribution is 2.41. The van der Waals surface area contributed by atoms with Crippen LogP contribution in [0.4, 0.5) is 5.82 Å². The number of aromatic nitrogens is 1. The molecule has 3 nitrogen and oxygen atoms in total. The molecule has 0 spiro atoms. The maximum absolute atomic E-state index is 9.27. The third kappa shape index (κ3) is 2.26. The molecule has 0 amide bonds.